The van der Waals surface area contributed by atoms with Crippen LogP contribution in [0.2, 0.25) is 0 Å². The van der Waals surface area contributed by atoms with Crippen molar-refractivity contribution < 1.29 is 13.2 Å². The van der Waals surface area contributed by atoms with Crippen molar-refractivity contribution in [2.75, 3.05) is 19.3 Å². The molecule has 4 rings (SSSR count). The molecule has 1 aromatic heterocycles. The molecule has 1 saturated heterocycles. The van der Waals surface area contributed by atoms with E-state index in [1.807, 2.05) is 32.0 Å². The summed E-state index contributed by atoms with van der Waals surface area (Å²) in [6.45, 7) is 4.63. The zero-order chi connectivity index (χ0) is 23.9. The van der Waals surface area contributed by atoms with E-state index in [1.165, 1.54) is 15.1 Å². The Morgan fingerprint density at radius 1 is 1.21 bits per heavy atom. The SMILES string of the molecule is Cc1cccc(-n2c(=S)[nH]c3cc(C(=O)NC4CCCN(S(C)(=O)=O)C4)ccc3c2=O)c1C. The molecule has 10 heteroatoms. The van der Waals surface area contributed by atoms with E-state index in [-0.39, 0.29) is 28.8 Å². The Kier molecular flexibility index (Phi) is 6.26. The lowest BCUT2D eigenvalue weighted by molar-refractivity contribution is 0.0921. The fourth-order valence-electron chi connectivity index (χ4n) is 4.19. The number of piperidine rings is 1. The fourth-order valence-corrected chi connectivity index (χ4v) is 5.39. The molecule has 33 heavy (non-hydrogen) atoms. The van der Waals surface area contributed by atoms with Crippen molar-refractivity contribution in [2.45, 2.75) is 32.7 Å². The Hall–Kier alpha value is -2.82. The van der Waals surface area contributed by atoms with Gasteiger partial charge in [0.25, 0.3) is 11.5 Å². The van der Waals surface area contributed by atoms with E-state index < -0.39 is 10.0 Å². The highest BCUT2D eigenvalue weighted by Gasteiger charge is 2.27. The van der Waals surface area contributed by atoms with Crippen LogP contribution in [0.25, 0.3) is 16.6 Å². The Balaban J connectivity index is 1.65. The van der Waals surface area contributed by atoms with Gasteiger partial charge >= 0.3 is 0 Å². The van der Waals surface area contributed by atoms with Gasteiger partial charge in [0.1, 0.15) is 0 Å². The van der Waals surface area contributed by atoms with Crippen LogP contribution < -0.4 is 10.9 Å². The van der Waals surface area contributed by atoms with Crippen LogP contribution in [0.5, 0.6) is 0 Å². The third-order valence-electron chi connectivity index (χ3n) is 6.17. The van der Waals surface area contributed by atoms with Gasteiger partial charge in [0.05, 0.1) is 22.8 Å². The number of nitrogens with one attached hydrogen (secondary N) is 2. The maximum atomic E-state index is 13.3. The molecule has 0 spiro atoms. The van der Waals surface area contributed by atoms with E-state index >= 15 is 0 Å². The first-order valence-electron chi connectivity index (χ1n) is 10.7. The lowest BCUT2D eigenvalue weighted by Gasteiger charge is -2.31. The first-order chi connectivity index (χ1) is 15.6. The molecule has 174 valence electrons. The summed E-state index contributed by atoms with van der Waals surface area (Å²) in [6.07, 6.45) is 2.56. The van der Waals surface area contributed by atoms with Crippen LogP contribution in [-0.4, -0.2) is 53.6 Å². The van der Waals surface area contributed by atoms with Crippen LogP contribution in [-0.2, 0) is 10.0 Å². The molecule has 0 aliphatic carbocycles. The quantitative estimate of drug-likeness (QED) is 0.552. The predicted molar refractivity (Wildman–Crippen MR) is 131 cm³/mol. The fraction of sp³-hybridized carbons (Fsp3) is 0.348. The number of carbonyl (C=O) groups is 1. The second kappa shape index (κ2) is 8.85. The lowest BCUT2D eigenvalue weighted by Crippen LogP contribution is -2.49. The summed E-state index contributed by atoms with van der Waals surface area (Å²) in [6, 6.07) is 10.3. The molecule has 2 aromatic carbocycles. The summed E-state index contributed by atoms with van der Waals surface area (Å²) in [5.74, 6) is -0.324. The number of nitrogens with zero attached hydrogens (tertiary/aromatic N) is 2. The van der Waals surface area contributed by atoms with Crippen LogP contribution in [0, 0.1) is 18.6 Å². The normalized spacial score (nSPS) is 17.2. The predicted octanol–water partition coefficient (Wildman–Crippen LogP) is 2.82. The molecule has 0 saturated carbocycles. The number of hydrogen-bond acceptors (Lipinski definition) is 5. The van der Waals surface area contributed by atoms with Gasteiger partial charge in [-0.3, -0.25) is 14.2 Å². The number of carbonyl (C=O) groups excluding carboxylic acids is 1. The first kappa shape index (κ1) is 23.3. The number of sulfonamides is 1. The summed E-state index contributed by atoms with van der Waals surface area (Å²) in [7, 11) is -3.30. The zero-order valence-corrected chi connectivity index (χ0v) is 20.3. The van der Waals surface area contributed by atoms with Crippen LogP contribution in [0.15, 0.2) is 41.2 Å². The van der Waals surface area contributed by atoms with Gasteiger partial charge < -0.3 is 10.3 Å². The second-order valence-electron chi connectivity index (χ2n) is 8.48. The number of aromatic amines is 1. The second-order valence-corrected chi connectivity index (χ2v) is 10.9. The van der Waals surface area contributed by atoms with Gasteiger partial charge in [-0.1, -0.05) is 12.1 Å². The third-order valence-corrected chi connectivity index (χ3v) is 7.72. The van der Waals surface area contributed by atoms with Crippen LogP contribution in [0.1, 0.15) is 34.3 Å². The van der Waals surface area contributed by atoms with Crippen LogP contribution >= 0.6 is 12.2 Å². The number of benzene rings is 2. The maximum absolute atomic E-state index is 13.3. The number of aromatic nitrogens is 2. The molecule has 1 amide bonds. The molecule has 3 aromatic rings. The number of H-pyrrole nitrogens is 1. The summed E-state index contributed by atoms with van der Waals surface area (Å²) in [4.78, 5) is 29.2. The van der Waals surface area contributed by atoms with Crippen LogP contribution in [0.3, 0.4) is 0 Å². The van der Waals surface area contributed by atoms with Crippen molar-refractivity contribution >= 4 is 39.1 Å². The van der Waals surface area contributed by atoms with Gasteiger partial charge in [-0.05, 0) is 74.3 Å². The van der Waals surface area contributed by atoms with E-state index in [2.05, 4.69) is 10.3 Å². The smallest absolute Gasteiger partial charge is 0.266 e. The van der Waals surface area contributed by atoms with Crippen molar-refractivity contribution in [1.82, 2.24) is 19.2 Å². The highest BCUT2D eigenvalue weighted by Crippen LogP contribution is 2.19. The molecule has 2 heterocycles. The highest BCUT2D eigenvalue weighted by molar-refractivity contribution is 7.88. The molecule has 2 N–H and O–H groups in total. The molecule has 1 atom stereocenters. The van der Waals surface area contributed by atoms with Crippen molar-refractivity contribution in [3.05, 3.63) is 68.2 Å². The van der Waals surface area contributed by atoms with E-state index in [0.29, 0.717) is 35.9 Å². The largest absolute Gasteiger partial charge is 0.348 e. The molecular formula is C23H26N4O4S2. The molecule has 1 fully saturated rings. The average Bonchev–Trinajstić information content (AvgIpc) is 2.76. The van der Waals surface area contributed by atoms with E-state index in [0.717, 1.165) is 16.8 Å². The van der Waals surface area contributed by atoms with Crippen molar-refractivity contribution in [3.63, 3.8) is 0 Å². The summed E-state index contributed by atoms with van der Waals surface area (Å²) < 4.78 is 26.8. The molecule has 1 aliphatic rings. The van der Waals surface area contributed by atoms with Crippen molar-refractivity contribution in [1.29, 1.82) is 0 Å². The average molecular weight is 487 g/mol. The molecule has 1 unspecified atom stereocenters. The van der Waals surface area contributed by atoms with Gasteiger partial charge in [0, 0.05) is 24.7 Å². The lowest BCUT2D eigenvalue weighted by atomic mass is 10.1. The van der Waals surface area contributed by atoms with E-state index in [9.17, 15) is 18.0 Å². The number of hydrogen-bond donors (Lipinski definition) is 2. The first-order valence-corrected chi connectivity index (χ1v) is 12.9. The van der Waals surface area contributed by atoms with Crippen LogP contribution in [0.4, 0.5) is 0 Å². The van der Waals surface area contributed by atoms with Crippen molar-refractivity contribution in [2.24, 2.45) is 0 Å². The molecular weight excluding hydrogens is 460 g/mol. The Morgan fingerprint density at radius 2 is 1.97 bits per heavy atom. The van der Waals surface area contributed by atoms with Gasteiger partial charge in [-0.25, -0.2) is 12.7 Å². The molecule has 0 bridgehead atoms. The standard InChI is InChI=1S/C23H26N4O4S2/c1-14-6-4-8-20(15(14)2)27-22(29)18-10-9-16(12-19(18)25-23(27)32)21(28)24-17-7-5-11-26(13-17)33(3,30)31/h4,6,8-10,12,17H,5,7,11,13H2,1-3H3,(H,24,28)(H,25,32). The minimum atomic E-state index is -3.30. The summed E-state index contributed by atoms with van der Waals surface area (Å²) in [5.41, 5.74) is 3.32. The van der Waals surface area contributed by atoms with Gasteiger partial charge in [-0.15, -0.1) is 0 Å². The minimum Gasteiger partial charge on any atom is -0.348 e. The van der Waals surface area contributed by atoms with Gasteiger partial charge in [0.15, 0.2) is 4.77 Å². The minimum absolute atomic E-state index is 0.245. The number of rotatable bonds is 4. The Labute approximate surface area is 197 Å². The van der Waals surface area contributed by atoms with Gasteiger partial charge in [-0.2, -0.15) is 0 Å². The molecule has 8 nitrogen and oxygen atoms in total. The van der Waals surface area contributed by atoms with E-state index in [4.69, 9.17) is 12.2 Å². The Morgan fingerprint density at radius 3 is 2.70 bits per heavy atom. The number of aryl methyl sites for hydroxylation is 1. The monoisotopic (exact) mass is 486 g/mol. The zero-order valence-electron chi connectivity index (χ0n) is 18.7. The summed E-state index contributed by atoms with van der Waals surface area (Å²) in [5, 5.41) is 3.33. The third kappa shape index (κ3) is 4.64. The topological polar surface area (TPSA) is 104 Å². The molecule has 0 radical (unpaired) electrons. The number of fused-ring (bicyclic) bond motifs is 1. The molecule has 1 aliphatic heterocycles. The summed E-state index contributed by atoms with van der Waals surface area (Å²) >= 11 is 5.48. The van der Waals surface area contributed by atoms with Gasteiger partial charge in [0.2, 0.25) is 10.0 Å². The highest BCUT2D eigenvalue weighted by atomic mass is 32.2. The maximum Gasteiger partial charge on any atom is 0.266 e. The number of amides is 1. The Bertz CT molecular complexity index is 1470. The van der Waals surface area contributed by atoms with Crippen molar-refractivity contribution in [3.8, 4) is 5.69 Å². The van der Waals surface area contributed by atoms with E-state index in [1.54, 1.807) is 18.2 Å².